The summed E-state index contributed by atoms with van der Waals surface area (Å²) in [5, 5.41) is 4.69. The number of benzene rings is 4. The summed E-state index contributed by atoms with van der Waals surface area (Å²) in [6.07, 6.45) is 2.69. The zero-order valence-corrected chi connectivity index (χ0v) is 23.1. The number of ether oxygens (including phenoxy) is 1. The van der Waals surface area contributed by atoms with Gasteiger partial charge in [-0.3, -0.25) is 9.10 Å². The molecule has 0 saturated heterocycles. The summed E-state index contributed by atoms with van der Waals surface area (Å²) >= 11 is 6.00. The topological polar surface area (TPSA) is 88.1 Å². The van der Waals surface area contributed by atoms with E-state index in [1.54, 1.807) is 24.3 Å². The molecule has 0 bridgehead atoms. The fraction of sp³-hybridized carbons (Fsp3) is 0.133. The second-order valence-electron chi connectivity index (χ2n) is 8.99. The van der Waals surface area contributed by atoms with Crippen LogP contribution in [0.3, 0.4) is 0 Å². The molecule has 0 spiro atoms. The highest BCUT2D eigenvalue weighted by molar-refractivity contribution is 7.92. The van der Waals surface area contributed by atoms with Gasteiger partial charge in [0.05, 0.1) is 24.7 Å². The molecule has 0 aliphatic carbocycles. The Balaban J connectivity index is 1.33. The highest BCUT2D eigenvalue weighted by atomic mass is 35.5. The van der Waals surface area contributed by atoms with Crippen LogP contribution in [-0.4, -0.2) is 26.8 Å². The highest BCUT2D eigenvalue weighted by Crippen LogP contribution is 2.22. The standard InChI is InChI=1S/C30H28ClN3O4S/c1-22-6-8-24(9-7-22)20-34(39(2,36)37)28-14-12-26(13-15-28)30(35)33-32-19-23-10-16-29(17-11-23)38-21-25-4-3-5-27(31)18-25/h3-19H,20-21H2,1-2H3,(H,33,35)/b32-19-. The maximum Gasteiger partial charge on any atom is 0.271 e. The first-order chi connectivity index (χ1) is 18.7. The molecule has 0 heterocycles. The molecule has 1 N–H and O–H groups in total. The Morgan fingerprint density at radius 1 is 0.949 bits per heavy atom. The quantitative estimate of drug-likeness (QED) is 0.191. The number of hydrazone groups is 1. The van der Waals surface area contributed by atoms with Crippen LogP contribution in [0.25, 0.3) is 0 Å². The first kappa shape index (κ1) is 27.9. The SMILES string of the molecule is Cc1ccc(CN(c2ccc(C(=O)N/N=C\c3ccc(OCc4cccc(Cl)c4)cc3)cc2)S(C)(=O)=O)cc1. The lowest BCUT2D eigenvalue weighted by Gasteiger charge is -2.22. The maximum atomic E-state index is 12.5. The van der Waals surface area contributed by atoms with Crippen LogP contribution in [0.2, 0.25) is 5.02 Å². The second kappa shape index (κ2) is 12.6. The summed E-state index contributed by atoms with van der Waals surface area (Å²) in [6.45, 7) is 2.57. The molecule has 39 heavy (non-hydrogen) atoms. The van der Waals surface area contributed by atoms with Gasteiger partial charge in [-0.2, -0.15) is 5.10 Å². The second-order valence-corrected chi connectivity index (χ2v) is 11.3. The van der Waals surface area contributed by atoms with Gasteiger partial charge in [0.1, 0.15) is 12.4 Å². The summed E-state index contributed by atoms with van der Waals surface area (Å²) in [7, 11) is -3.53. The van der Waals surface area contributed by atoms with Crippen molar-refractivity contribution >= 4 is 39.4 Å². The number of nitrogens with one attached hydrogen (secondary N) is 1. The average molecular weight is 562 g/mol. The van der Waals surface area contributed by atoms with Gasteiger partial charge >= 0.3 is 0 Å². The van der Waals surface area contributed by atoms with E-state index in [1.165, 1.54) is 10.5 Å². The molecule has 4 aromatic carbocycles. The molecule has 0 aliphatic heterocycles. The molecule has 0 atom stereocenters. The van der Waals surface area contributed by atoms with Crippen molar-refractivity contribution in [3.8, 4) is 5.75 Å². The van der Waals surface area contributed by atoms with Crippen molar-refractivity contribution in [1.29, 1.82) is 0 Å². The van der Waals surface area contributed by atoms with Crippen LogP contribution in [0.15, 0.2) is 102 Å². The van der Waals surface area contributed by atoms with Crippen LogP contribution >= 0.6 is 11.6 Å². The predicted octanol–water partition coefficient (Wildman–Crippen LogP) is 5.96. The van der Waals surface area contributed by atoms with E-state index < -0.39 is 15.9 Å². The Morgan fingerprint density at radius 3 is 2.28 bits per heavy atom. The fourth-order valence-corrected chi connectivity index (χ4v) is 4.81. The number of anilines is 1. The van der Waals surface area contributed by atoms with Gasteiger partial charge < -0.3 is 4.74 Å². The van der Waals surface area contributed by atoms with Crippen LogP contribution in [-0.2, 0) is 23.2 Å². The molecular weight excluding hydrogens is 534 g/mol. The van der Waals surface area contributed by atoms with Gasteiger partial charge in [0.2, 0.25) is 10.0 Å². The summed E-state index contributed by atoms with van der Waals surface area (Å²) in [4.78, 5) is 12.5. The summed E-state index contributed by atoms with van der Waals surface area (Å²) in [6, 6.07) is 28.8. The number of sulfonamides is 1. The summed E-state index contributed by atoms with van der Waals surface area (Å²) < 4.78 is 32.0. The Labute approximate surface area is 233 Å². The number of hydrogen-bond donors (Lipinski definition) is 1. The van der Waals surface area contributed by atoms with Gasteiger partial charge in [-0.05, 0) is 84.3 Å². The van der Waals surface area contributed by atoms with Crippen LogP contribution in [0.1, 0.15) is 32.6 Å². The first-order valence-corrected chi connectivity index (χ1v) is 14.3. The summed E-state index contributed by atoms with van der Waals surface area (Å²) in [5.41, 5.74) is 7.02. The molecule has 0 aromatic heterocycles. The van der Waals surface area contributed by atoms with Gasteiger partial charge in [-0.15, -0.1) is 0 Å². The van der Waals surface area contributed by atoms with E-state index in [9.17, 15) is 13.2 Å². The van der Waals surface area contributed by atoms with Crippen molar-refractivity contribution < 1.29 is 17.9 Å². The van der Waals surface area contributed by atoms with E-state index >= 15 is 0 Å². The minimum atomic E-state index is -3.53. The smallest absolute Gasteiger partial charge is 0.271 e. The minimum absolute atomic E-state index is 0.194. The van der Waals surface area contributed by atoms with Gasteiger partial charge in [-0.25, -0.2) is 13.8 Å². The van der Waals surface area contributed by atoms with Gasteiger partial charge in [0, 0.05) is 10.6 Å². The number of carbonyl (C=O) groups is 1. The molecule has 0 radical (unpaired) electrons. The molecule has 0 unspecified atom stereocenters. The van der Waals surface area contributed by atoms with Crippen molar-refractivity contribution in [3.63, 3.8) is 0 Å². The minimum Gasteiger partial charge on any atom is -0.489 e. The Bertz CT molecular complexity index is 1550. The predicted molar refractivity (Wildman–Crippen MR) is 156 cm³/mol. The number of hydrogen-bond acceptors (Lipinski definition) is 5. The third-order valence-corrected chi connectivity index (χ3v) is 7.19. The van der Waals surface area contributed by atoms with E-state index in [-0.39, 0.29) is 6.54 Å². The van der Waals surface area contributed by atoms with E-state index in [1.807, 2.05) is 79.7 Å². The van der Waals surface area contributed by atoms with E-state index in [4.69, 9.17) is 16.3 Å². The van der Waals surface area contributed by atoms with Crippen LogP contribution < -0.4 is 14.5 Å². The fourth-order valence-electron chi connectivity index (χ4n) is 3.71. The molecule has 0 fully saturated rings. The molecule has 4 aromatic rings. The van der Waals surface area contributed by atoms with E-state index in [0.717, 1.165) is 28.5 Å². The van der Waals surface area contributed by atoms with Crippen LogP contribution in [0.4, 0.5) is 5.69 Å². The van der Waals surface area contributed by atoms with Crippen molar-refractivity contribution in [2.24, 2.45) is 5.10 Å². The summed E-state index contributed by atoms with van der Waals surface area (Å²) in [5.74, 6) is 0.283. The molecule has 1 amide bonds. The largest absolute Gasteiger partial charge is 0.489 e. The third-order valence-electron chi connectivity index (χ3n) is 5.82. The monoisotopic (exact) mass is 561 g/mol. The maximum absolute atomic E-state index is 12.5. The lowest BCUT2D eigenvalue weighted by molar-refractivity contribution is 0.0955. The zero-order chi connectivity index (χ0) is 27.8. The Kier molecular flexibility index (Phi) is 9.01. The van der Waals surface area contributed by atoms with Crippen molar-refractivity contribution in [3.05, 3.63) is 130 Å². The van der Waals surface area contributed by atoms with E-state index in [0.29, 0.717) is 28.6 Å². The molecular formula is C30H28ClN3O4S. The van der Waals surface area contributed by atoms with E-state index in [2.05, 4.69) is 10.5 Å². The van der Waals surface area contributed by atoms with Crippen LogP contribution in [0, 0.1) is 6.92 Å². The number of amides is 1. The van der Waals surface area contributed by atoms with Gasteiger partial charge in [0.15, 0.2) is 0 Å². The molecule has 200 valence electrons. The normalized spacial score (nSPS) is 11.4. The Hall–Kier alpha value is -4.14. The van der Waals surface area contributed by atoms with Crippen molar-refractivity contribution in [2.75, 3.05) is 10.6 Å². The zero-order valence-electron chi connectivity index (χ0n) is 21.5. The third kappa shape index (κ3) is 8.17. The lowest BCUT2D eigenvalue weighted by Crippen LogP contribution is -2.29. The molecule has 0 aliphatic rings. The van der Waals surface area contributed by atoms with Gasteiger partial charge in [0.25, 0.3) is 5.91 Å². The number of rotatable bonds is 10. The number of nitrogens with zero attached hydrogens (tertiary/aromatic N) is 2. The highest BCUT2D eigenvalue weighted by Gasteiger charge is 2.18. The van der Waals surface area contributed by atoms with Crippen molar-refractivity contribution in [1.82, 2.24) is 5.43 Å². The number of aryl methyl sites for hydroxylation is 1. The molecule has 9 heteroatoms. The first-order valence-electron chi connectivity index (χ1n) is 12.1. The number of halogens is 1. The average Bonchev–Trinajstić information content (AvgIpc) is 2.92. The van der Waals surface area contributed by atoms with Gasteiger partial charge in [-0.1, -0.05) is 53.6 Å². The molecule has 7 nitrogen and oxygen atoms in total. The molecule has 0 saturated carbocycles. The Morgan fingerprint density at radius 2 is 1.64 bits per heavy atom. The van der Waals surface area contributed by atoms with Crippen LogP contribution in [0.5, 0.6) is 5.75 Å². The molecule has 4 rings (SSSR count). The van der Waals surface area contributed by atoms with Crippen molar-refractivity contribution in [2.45, 2.75) is 20.1 Å². The number of carbonyl (C=O) groups excluding carboxylic acids is 1. The lowest BCUT2D eigenvalue weighted by atomic mass is 10.1.